The molecule has 112 valence electrons. The number of aromatic nitrogens is 1. The van der Waals surface area contributed by atoms with Crippen LogP contribution in [0, 0.1) is 12.8 Å². The molecule has 1 aromatic heterocycles. The highest BCUT2D eigenvalue weighted by molar-refractivity contribution is 5.78. The Morgan fingerprint density at radius 3 is 2.85 bits per heavy atom. The van der Waals surface area contributed by atoms with Gasteiger partial charge in [-0.15, -0.1) is 0 Å². The number of aliphatic hydroxyl groups is 1. The molecule has 0 aromatic carbocycles. The van der Waals surface area contributed by atoms with Crippen LogP contribution in [0.3, 0.4) is 0 Å². The molecular formula is C14H23N3O3. The number of aliphatic hydroxyl groups excluding tert-OH is 1. The molecule has 0 aliphatic carbocycles. The summed E-state index contributed by atoms with van der Waals surface area (Å²) in [6, 6.07) is 1.95. The molecule has 6 nitrogen and oxygen atoms in total. The molecule has 1 fully saturated rings. The lowest BCUT2D eigenvalue weighted by molar-refractivity contribution is -0.126. The second-order valence-electron chi connectivity index (χ2n) is 5.58. The highest BCUT2D eigenvalue weighted by atomic mass is 16.5. The zero-order valence-electron chi connectivity index (χ0n) is 12.1. The van der Waals surface area contributed by atoms with Crippen molar-refractivity contribution < 1.29 is 14.4 Å². The molecule has 2 N–H and O–H groups in total. The lowest BCUT2D eigenvalue weighted by Gasteiger charge is -2.30. The van der Waals surface area contributed by atoms with Gasteiger partial charge in [0.15, 0.2) is 5.76 Å². The first-order valence-electron chi connectivity index (χ1n) is 7.15. The van der Waals surface area contributed by atoms with Crippen molar-refractivity contribution in [3.05, 3.63) is 17.5 Å². The monoisotopic (exact) mass is 281 g/mol. The van der Waals surface area contributed by atoms with Crippen LogP contribution in [-0.4, -0.2) is 46.8 Å². The molecule has 1 aliphatic heterocycles. The largest absolute Gasteiger partial charge is 0.392 e. The molecule has 0 unspecified atom stereocenters. The van der Waals surface area contributed by atoms with E-state index in [1.54, 1.807) is 6.92 Å². The molecule has 6 heteroatoms. The number of nitrogens with one attached hydrogen (secondary N) is 1. The van der Waals surface area contributed by atoms with E-state index in [9.17, 15) is 4.79 Å². The SMILES string of the molecule is Cc1cc(CN2CCC(C(=O)NC[C@@H](C)O)CC2)on1. The Balaban J connectivity index is 1.73. The molecule has 1 amide bonds. The highest BCUT2D eigenvalue weighted by Crippen LogP contribution is 2.19. The van der Waals surface area contributed by atoms with Crippen LogP contribution in [0.5, 0.6) is 0 Å². The quantitative estimate of drug-likeness (QED) is 0.830. The van der Waals surface area contributed by atoms with Crippen LogP contribution in [-0.2, 0) is 11.3 Å². The van der Waals surface area contributed by atoms with Crippen molar-refractivity contribution >= 4 is 5.91 Å². The second kappa shape index (κ2) is 6.85. The lowest BCUT2D eigenvalue weighted by atomic mass is 9.96. The molecule has 1 saturated heterocycles. The van der Waals surface area contributed by atoms with E-state index in [1.165, 1.54) is 0 Å². The van der Waals surface area contributed by atoms with Crippen LogP contribution >= 0.6 is 0 Å². The minimum Gasteiger partial charge on any atom is -0.392 e. The van der Waals surface area contributed by atoms with Crippen LogP contribution < -0.4 is 5.32 Å². The van der Waals surface area contributed by atoms with Crippen molar-refractivity contribution in [1.82, 2.24) is 15.4 Å². The summed E-state index contributed by atoms with van der Waals surface area (Å²) in [5, 5.41) is 15.8. The number of rotatable bonds is 5. The van der Waals surface area contributed by atoms with Gasteiger partial charge in [0, 0.05) is 18.5 Å². The van der Waals surface area contributed by atoms with Crippen molar-refractivity contribution in [2.24, 2.45) is 5.92 Å². The smallest absolute Gasteiger partial charge is 0.223 e. The maximum Gasteiger partial charge on any atom is 0.223 e. The molecule has 2 rings (SSSR count). The van der Waals surface area contributed by atoms with E-state index in [0.29, 0.717) is 6.54 Å². The van der Waals surface area contributed by atoms with Gasteiger partial charge in [0.05, 0.1) is 18.3 Å². The Hall–Kier alpha value is -1.40. The van der Waals surface area contributed by atoms with Crippen LogP contribution in [0.1, 0.15) is 31.2 Å². The van der Waals surface area contributed by atoms with Gasteiger partial charge in [0.25, 0.3) is 0 Å². The molecule has 0 radical (unpaired) electrons. The second-order valence-corrected chi connectivity index (χ2v) is 5.58. The predicted molar refractivity (Wildman–Crippen MR) is 73.9 cm³/mol. The molecule has 1 aliphatic rings. The van der Waals surface area contributed by atoms with Crippen LogP contribution in [0.2, 0.25) is 0 Å². The Labute approximate surface area is 119 Å². The van der Waals surface area contributed by atoms with Crippen molar-refractivity contribution in [2.75, 3.05) is 19.6 Å². The van der Waals surface area contributed by atoms with Crippen LogP contribution in [0.4, 0.5) is 0 Å². The number of aryl methyl sites for hydroxylation is 1. The molecule has 1 atom stereocenters. The van der Waals surface area contributed by atoms with E-state index in [2.05, 4.69) is 15.4 Å². The van der Waals surface area contributed by atoms with Crippen molar-refractivity contribution in [1.29, 1.82) is 0 Å². The van der Waals surface area contributed by atoms with Gasteiger partial charge < -0.3 is 14.9 Å². The fourth-order valence-electron chi connectivity index (χ4n) is 2.46. The first-order valence-corrected chi connectivity index (χ1v) is 7.15. The fraction of sp³-hybridized carbons (Fsp3) is 0.714. The summed E-state index contributed by atoms with van der Waals surface area (Å²) >= 11 is 0. The van der Waals surface area contributed by atoms with Crippen molar-refractivity contribution in [3.8, 4) is 0 Å². The summed E-state index contributed by atoms with van der Waals surface area (Å²) in [5.41, 5.74) is 0.896. The summed E-state index contributed by atoms with van der Waals surface area (Å²) in [5.74, 6) is 0.988. The van der Waals surface area contributed by atoms with Gasteiger partial charge in [0.1, 0.15) is 0 Å². The zero-order chi connectivity index (χ0) is 14.5. The summed E-state index contributed by atoms with van der Waals surface area (Å²) in [4.78, 5) is 14.2. The van der Waals surface area contributed by atoms with E-state index in [-0.39, 0.29) is 11.8 Å². The molecule has 0 bridgehead atoms. The van der Waals surface area contributed by atoms with Gasteiger partial charge in [-0.05, 0) is 39.8 Å². The maximum atomic E-state index is 11.9. The number of piperidine rings is 1. The fourth-order valence-corrected chi connectivity index (χ4v) is 2.46. The van der Waals surface area contributed by atoms with E-state index in [1.807, 2.05) is 13.0 Å². The average Bonchev–Trinajstić information content (AvgIpc) is 2.82. The molecule has 2 heterocycles. The number of amides is 1. The van der Waals surface area contributed by atoms with Gasteiger partial charge in [-0.3, -0.25) is 9.69 Å². The molecule has 20 heavy (non-hydrogen) atoms. The highest BCUT2D eigenvalue weighted by Gasteiger charge is 2.25. The standard InChI is InChI=1S/C14H23N3O3/c1-10-7-13(20-16-10)9-17-5-3-12(4-6-17)14(19)15-8-11(2)18/h7,11-12,18H,3-6,8-9H2,1-2H3,(H,15,19)/t11-/m1/s1. The average molecular weight is 281 g/mol. The summed E-state index contributed by atoms with van der Waals surface area (Å²) in [6.45, 7) is 6.42. The Morgan fingerprint density at radius 1 is 1.60 bits per heavy atom. The third kappa shape index (κ3) is 4.31. The minimum atomic E-state index is -0.492. The van der Waals surface area contributed by atoms with Gasteiger partial charge in [-0.25, -0.2) is 0 Å². The van der Waals surface area contributed by atoms with Gasteiger partial charge >= 0.3 is 0 Å². The van der Waals surface area contributed by atoms with E-state index in [0.717, 1.165) is 43.9 Å². The number of hydrogen-bond acceptors (Lipinski definition) is 5. The van der Waals surface area contributed by atoms with E-state index >= 15 is 0 Å². The van der Waals surface area contributed by atoms with E-state index in [4.69, 9.17) is 9.63 Å². The summed E-state index contributed by atoms with van der Waals surface area (Å²) in [6.07, 6.45) is 1.20. The Morgan fingerprint density at radius 2 is 2.30 bits per heavy atom. The van der Waals surface area contributed by atoms with Crippen LogP contribution in [0.25, 0.3) is 0 Å². The number of nitrogens with zero attached hydrogens (tertiary/aromatic N) is 2. The molecular weight excluding hydrogens is 258 g/mol. The van der Waals surface area contributed by atoms with Gasteiger partial charge in [-0.2, -0.15) is 0 Å². The summed E-state index contributed by atoms with van der Waals surface area (Å²) in [7, 11) is 0. The first kappa shape index (κ1) is 15.0. The van der Waals surface area contributed by atoms with Gasteiger partial charge in [0.2, 0.25) is 5.91 Å². The third-order valence-electron chi connectivity index (χ3n) is 3.59. The Kier molecular flexibility index (Phi) is 5.14. The normalized spacial score (nSPS) is 18.9. The molecule has 0 spiro atoms. The van der Waals surface area contributed by atoms with Crippen LogP contribution in [0.15, 0.2) is 10.6 Å². The van der Waals surface area contributed by atoms with E-state index < -0.39 is 6.10 Å². The zero-order valence-corrected chi connectivity index (χ0v) is 12.1. The predicted octanol–water partition coefficient (Wildman–Crippen LogP) is 0.692. The minimum absolute atomic E-state index is 0.0565. The Bertz CT molecular complexity index is 437. The topological polar surface area (TPSA) is 78.6 Å². The van der Waals surface area contributed by atoms with Crippen molar-refractivity contribution in [3.63, 3.8) is 0 Å². The van der Waals surface area contributed by atoms with Gasteiger partial charge in [-0.1, -0.05) is 5.16 Å². The molecule has 1 aromatic rings. The van der Waals surface area contributed by atoms with Crippen molar-refractivity contribution in [2.45, 2.75) is 39.3 Å². The number of hydrogen-bond donors (Lipinski definition) is 2. The lowest BCUT2D eigenvalue weighted by Crippen LogP contribution is -2.41. The number of likely N-dealkylation sites (tertiary alicyclic amines) is 1. The number of carbonyl (C=O) groups excluding carboxylic acids is 1. The molecule has 0 saturated carbocycles. The summed E-state index contributed by atoms with van der Waals surface area (Å²) < 4.78 is 5.21. The first-order chi connectivity index (χ1) is 9.54. The third-order valence-corrected chi connectivity index (χ3v) is 3.59. The maximum absolute atomic E-state index is 11.9. The number of carbonyl (C=O) groups is 1.